The Morgan fingerprint density at radius 1 is 1.86 bits per heavy atom. The standard InChI is InChI=1S/C4H2FNO/c5-1-4-2-6-3-7-4/h1H2. The topological polar surface area (TPSA) is 26.0 Å². The Balaban J connectivity index is 2.76. The SMILES string of the molecule is FCc1[c]n[c]o1. The summed E-state index contributed by atoms with van der Waals surface area (Å²) >= 11 is 0. The summed E-state index contributed by atoms with van der Waals surface area (Å²) in [6.07, 6.45) is 4.30. The molecule has 2 radical (unpaired) electrons. The van der Waals surface area contributed by atoms with Crippen LogP contribution < -0.4 is 0 Å². The van der Waals surface area contributed by atoms with Crippen LogP contribution in [0.15, 0.2) is 4.42 Å². The van der Waals surface area contributed by atoms with Crippen LogP contribution in [-0.4, -0.2) is 4.98 Å². The third kappa shape index (κ3) is 0.765. The van der Waals surface area contributed by atoms with Crippen molar-refractivity contribution in [2.45, 2.75) is 6.67 Å². The quantitative estimate of drug-likeness (QED) is 0.519. The number of aromatic nitrogens is 1. The molecule has 0 aliphatic rings. The Hall–Kier alpha value is -0.860. The zero-order valence-electron chi connectivity index (χ0n) is 3.44. The first kappa shape index (κ1) is 4.30. The molecule has 3 heteroatoms. The highest BCUT2D eigenvalue weighted by Crippen LogP contribution is 1.94. The molecule has 1 heterocycles. The van der Waals surface area contributed by atoms with Crippen molar-refractivity contribution in [3.8, 4) is 0 Å². The van der Waals surface area contributed by atoms with E-state index >= 15 is 0 Å². The lowest BCUT2D eigenvalue weighted by Crippen LogP contribution is -1.66. The third-order valence-corrected chi connectivity index (χ3v) is 0.516. The highest BCUT2D eigenvalue weighted by Gasteiger charge is 1.91. The van der Waals surface area contributed by atoms with Gasteiger partial charge in [0.1, 0.15) is 12.9 Å². The van der Waals surface area contributed by atoms with E-state index in [1.165, 1.54) is 0 Å². The fourth-order valence-corrected chi connectivity index (χ4v) is 0.243. The molecular formula is C4H2FNO. The summed E-state index contributed by atoms with van der Waals surface area (Å²) in [4.78, 5) is 3.24. The van der Waals surface area contributed by atoms with E-state index in [4.69, 9.17) is 0 Å². The van der Waals surface area contributed by atoms with E-state index in [-0.39, 0.29) is 5.76 Å². The van der Waals surface area contributed by atoms with Crippen LogP contribution in [-0.2, 0) is 6.67 Å². The van der Waals surface area contributed by atoms with E-state index in [2.05, 4.69) is 22.0 Å². The van der Waals surface area contributed by atoms with Crippen LogP contribution in [0.25, 0.3) is 0 Å². The van der Waals surface area contributed by atoms with Crippen LogP contribution in [0.1, 0.15) is 5.76 Å². The van der Waals surface area contributed by atoms with Gasteiger partial charge >= 0.3 is 0 Å². The van der Waals surface area contributed by atoms with Crippen molar-refractivity contribution in [3.05, 3.63) is 18.4 Å². The van der Waals surface area contributed by atoms with Gasteiger partial charge in [-0.2, -0.15) is 0 Å². The molecule has 0 aliphatic heterocycles. The van der Waals surface area contributed by atoms with Crippen LogP contribution in [0, 0.1) is 12.6 Å². The summed E-state index contributed by atoms with van der Waals surface area (Å²) < 4.78 is 15.7. The van der Waals surface area contributed by atoms with Gasteiger partial charge in [-0.15, -0.1) is 0 Å². The Labute approximate surface area is 40.0 Å². The van der Waals surface area contributed by atoms with Crippen molar-refractivity contribution in [1.29, 1.82) is 0 Å². The first-order valence-electron chi connectivity index (χ1n) is 1.73. The fraction of sp³-hybridized carbons (Fsp3) is 0.250. The molecule has 0 bridgehead atoms. The molecule has 0 aromatic carbocycles. The van der Waals surface area contributed by atoms with E-state index < -0.39 is 6.67 Å². The molecular weight excluding hydrogens is 97.0 g/mol. The number of halogens is 1. The number of hydrogen-bond donors (Lipinski definition) is 0. The Morgan fingerprint density at radius 3 is 3.00 bits per heavy atom. The zero-order valence-corrected chi connectivity index (χ0v) is 3.44. The second-order valence-corrected chi connectivity index (χ2v) is 0.974. The molecule has 1 aromatic heterocycles. The number of rotatable bonds is 1. The Kier molecular flexibility index (Phi) is 1.06. The van der Waals surface area contributed by atoms with Crippen LogP contribution in [0.3, 0.4) is 0 Å². The number of hydrogen-bond acceptors (Lipinski definition) is 2. The van der Waals surface area contributed by atoms with E-state index in [1.807, 2.05) is 0 Å². The molecule has 0 N–H and O–H groups in total. The van der Waals surface area contributed by atoms with E-state index in [0.717, 1.165) is 0 Å². The normalized spacial score (nSPS) is 9.29. The minimum Gasteiger partial charge on any atom is -0.434 e. The lowest BCUT2D eigenvalue weighted by molar-refractivity contribution is 0.388. The molecule has 0 amide bonds. The average Bonchev–Trinajstić information content (AvgIpc) is 2.14. The summed E-state index contributed by atoms with van der Waals surface area (Å²) in [6, 6.07) is 0. The maximum absolute atomic E-state index is 11.4. The summed E-state index contributed by atoms with van der Waals surface area (Å²) in [7, 11) is 0. The van der Waals surface area contributed by atoms with Crippen LogP contribution >= 0.6 is 0 Å². The largest absolute Gasteiger partial charge is 0.434 e. The van der Waals surface area contributed by atoms with Crippen molar-refractivity contribution in [1.82, 2.24) is 4.98 Å². The van der Waals surface area contributed by atoms with Gasteiger partial charge in [-0.1, -0.05) is 0 Å². The van der Waals surface area contributed by atoms with Gasteiger partial charge in [-0.05, 0) is 0 Å². The monoisotopic (exact) mass is 99.0 g/mol. The van der Waals surface area contributed by atoms with Gasteiger partial charge < -0.3 is 4.42 Å². The molecule has 0 atom stereocenters. The highest BCUT2D eigenvalue weighted by atomic mass is 19.1. The first-order chi connectivity index (χ1) is 3.43. The van der Waals surface area contributed by atoms with Gasteiger partial charge in [-0.3, -0.25) is 0 Å². The first-order valence-corrected chi connectivity index (χ1v) is 1.73. The Morgan fingerprint density at radius 2 is 2.71 bits per heavy atom. The maximum Gasteiger partial charge on any atom is 0.284 e. The van der Waals surface area contributed by atoms with Crippen molar-refractivity contribution in [2.24, 2.45) is 0 Å². The van der Waals surface area contributed by atoms with Crippen molar-refractivity contribution < 1.29 is 8.81 Å². The van der Waals surface area contributed by atoms with Gasteiger partial charge in [-0.25, -0.2) is 9.37 Å². The molecule has 36 valence electrons. The molecule has 1 rings (SSSR count). The number of oxazole rings is 1. The molecule has 0 aliphatic carbocycles. The average molecular weight is 99.1 g/mol. The molecule has 0 spiro atoms. The van der Waals surface area contributed by atoms with Crippen molar-refractivity contribution >= 4 is 0 Å². The van der Waals surface area contributed by atoms with Gasteiger partial charge in [0.15, 0.2) is 5.76 Å². The lowest BCUT2D eigenvalue weighted by Gasteiger charge is -1.73. The minimum absolute atomic E-state index is 0.0972. The highest BCUT2D eigenvalue weighted by molar-refractivity contribution is 4.80. The molecule has 0 saturated carbocycles. The van der Waals surface area contributed by atoms with Crippen molar-refractivity contribution in [3.63, 3.8) is 0 Å². The zero-order chi connectivity index (χ0) is 5.11. The smallest absolute Gasteiger partial charge is 0.284 e. The lowest BCUT2D eigenvalue weighted by atomic mass is 10.6. The fourth-order valence-electron chi connectivity index (χ4n) is 0.243. The summed E-state index contributed by atoms with van der Waals surface area (Å²) in [6.45, 7) is -0.656. The van der Waals surface area contributed by atoms with Gasteiger partial charge in [0.25, 0.3) is 6.39 Å². The van der Waals surface area contributed by atoms with E-state index in [9.17, 15) is 4.39 Å². The number of nitrogens with zero attached hydrogens (tertiary/aromatic N) is 1. The predicted octanol–water partition coefficient (Wildman–Crippen LogP) is 0.744. The second kappa shape index (κ2) is 1.73. The number of alkyl halides is 1. The van der Waals surface area contributed by atoms with Crippen molar-refractivity contribution in [2.75, 3.05) is 0 Å². The second-order valence-electron chi connectivity index (χ2n) is 0.974. The molecule has 0 fully saturated rings. The maximum atomic E-state index is 11.4. The molecule has 2 nitrogen and oxygen atoms in total. The molecule has 0 saturated heterocycles. The molecule has 0 unspecified atom stereocenters. The van der Waals surface area contributed by atoms with Gasteiger partial charge in [0.2, 0.25) is 0 Å². The summed E-state index contributed by atoms with van der Waals surface area (Å²) in [5.74, 6) is 0.0972. The summed E-state index contributed by atoms with van der Waals surface area (Å²) in [5, 5.41) is 0. The van der Waals surface area contributed by atoms with Crippen LogP contribution in [0.4, 0.5) is 4.39 Å². The molecule has 7 heavy (non-hydrogen) atoms. The van der Waals surface area contributed by atoms with Crippen LogP contribution in [0.5, 0.6) is 0 Å². The third-order valence-electron chi connectivity index (χ3n) is 0.516. The van der Waals surface area contributed by atoms with Crippen LogP contribution in [0.2, 0.25) is 0 Å². The summed E-state index contributed by atoms with van der Waals surface area (Å²) in [5.41, 5.74) is 0. The minimum atomic E-state index is -0.656. The predicted molar refractivity (Wildman–Crippen MR) is 19.0 cm³/mol. The molecule has 1 aromatic rings. The van der Waals surface area contributed by atoms with Gasteiger partial charge in [0, 0.05) is 0 Å². The van der Waals surface area contributed by atoms with Gasteiger partial charge in [0.05, 0.1) is 0 Å². The Bertz CT molecular complexity index is 126. The van der Waals surface area contributed by atoms with E-state index in [1.54, 1.807) is 0 Å². The van der Waals surface area contributed by atoms with E-state index in [0.29, 0.717) is 0 Å².